The Balaban J connectivity index is 1.10. The summed E-state index contributed by atoms with van der Waals surface area (Å²) < 4.78 is 80.9. The minimum absolute atomic E-state index is 0.0249. The number of rotatable bonds is 11. The van der Waals surface area contributed by atoms with E-state index < -0.39 is 224 Å². The van der Waals surface area contributed by atoms with Gasteiger partial charge in [-0.3, -0.25) is 0 Å². The highest BCUT2D eigenvalue weighted by atomic mass is 16.8. The van der Waals surface area contributed by atoms with E-state index in [0.29, 0.717) is 19.4 Å². The van der Waals surface area contributed by atoms with E-state index in [1.165, 1.54) is 0 Å². The van der Waals surface area contributed by atoms with Gasteiger partial charge in [0.15, 0.2) is 37.7 Å². The van der Waals surface area contributed by atoms with Crippen molar-refractivity contribution in [2.24, 2.45) is 0 Å². The van der Waals surface area contributed by atoms with Gasteiger partial charge in [-0.2, -0.15) is 0 Å². The lowest BCUT2D eigenvalue weighted by Gasteiger charge is -2.51. The Kier molecular flexibility index (Phi) is 19.5. The zero-order valence-corrected chi connectivity index (χ0v) is 38.3. The highest BCUT2D eigenvalue weighted by Gasteiger charge is 2.59. The SMILES string of the molecule is OC[C@H]1O[C@@H]2O[C@H]3[C@H](O)[C@@H](O)[C@@H](O[C@H]4[C@H](O)[C@@H](O)[C@@H](O[C@H]5[C@H](O)[C@@H](O)[C@@H](O[C@H]6[C@H](O)[C@@H](O)[C@@H](O[C@H]7[C@H](O)[C@@H](O)[C@@H](O[C@@H]1[C@H](OCCCC1CO1)[C@H]2O)O[C@@H]7CO)O[C@@H]6CO)O[C@@H]5CO)O[C@@H]4CO)O[C@@H]3CO. The second-order valence-corrected chi connectivity index (χ2v) is 18.8. The van der Waals surface area contributed by atoms with Crippen molar-refractivity contribution < 1.29 is 153 Å². The molecule has 0 aromatic rings. The van der Waals surface area contributed by atoms with Gasteiger partial charge in [0, 0.05) is 6.61 Å². The zero-order valence-electron chi connectivity index (χ0n) is 38.3. The van der Waals surface area contributed by atoms with Crippen LogP contribution in [0.15, 0.2) is 0 Å². The van der Waals surface area contributed by atoms with E-state index in [1.807, 2.05) is 0 Å². The molecule has 23 heterocycles. The first kappa shape index (κ1) is 56.9. The number of hydrogen-bond acceptors (Lipinski definition) is 31. The topological polar surface area (TPSA) is 476 Å². The molecule has 72 heavy (non-hydrogen) atoms. The van der Waals surface area contributed by atoms with E-state index in [-0.39, 0.29) is 12.7 Å². The second kappa shape index (κ2) is 24.6. The average Bonchev–Trinajstić information content (AvgIpc) is 4.21. The van der Waals surface area contributed by atoms with Gasteiger partial charge in [0.1, 0.15) is 146 Å². The summed E-state index contributed by atoms with van der Waals surface area (Å²) in [6, 6.07) is 0. The maximum absolute atomic E-state index is 11.8. The highest BCUT2D eigenvalue weighted by molar-refractivity contribution is 5.01. The Morgan fingerprint density at radius 3 is 0.792 bits per heavy atom. The molecule has 23 saturated heterocycles. The van der Waals surface area contributed by atoms with Crippen molar-refractivity contribution in [3.8, 4) is 0 Å². The second-order valence-electron chi connectivity index (χ2n) is 18.8. The van der Waals surface area contributed by atoms with Crippen molar-refractivity contribution in [3.63, 3.8) is 0 Å². The van der Waals surface area contributed by atoms with Gasteiger partial charge in [-0.1, -0.05) is 0 Å². The van der Waals surface area contributed by atoms with Crippen molar-refractivity contribution in [2.45, 2.75) is 203 Å². The normalized spacial score (nSPS) is 53.5. The molecule has 0 saturated carbocycles. The Bertz CT molecular complexity index is 1660. The first-order valence-corrected chi connectivity index (χ1v) is 23.7. The molecule has 23 aliphatic rings. The summed E-state index contributed by atoms with van der Waals surface area (Å²) in [6.07, 6.45) is -56.0. The molecule has 0 aromatic heterocycles. The van der Waals surface area contributed by atoms with Gasteiger partial charge in [-0.15, -0.1) is 0 Å². The number of aliphatic hydroxyl groups is 17. The minimum Gasteiger partial charge on any atom is -0.394 e. The van der Waals surface area contributed by atoms with Crippen LogP contribution < -0.4 is 0 Å². The lowest BCUT2D eigenvalue weighted by molar-refractivity contribution is -0.404. The molecule has 17 N–H and O–H groups in total. The fourth-order valence-electron chi connectivity index (χ4n) is 9.87. The third kappa shape index (κ3) is 11.6. The standard InChI is InChI=1S/C41H68O31/c42-4-12-29-18(48)23(53)36(61-12)68-30-13(5-43)63-38(25(55)20(30)50)70-32-15(7-45)65-40(27(57)22(32)52)72-34-17(9-47)66-41(28(58)35(34)59-3-1-2-11-10-60-11)71-33-16(8-46)64-39(26(56)21(33)51)69-31-14(6-44)62-37(67-29)24(54)19(31)49/h11-58H,1-10H2/t11?,12-,13-,14-,15-,16-,17-,18-,19-,20-,21-,22-,23-,24-,25-,26-,27-,28-,29-,30-,31-,32-,33-,34+,35-,36-,37-,38-,39-,40-,41-/m1/s1. The Morgan fingerprint density at radius 2 is 0.542 bits per heavy atom. The van der Waals surface area contributed by atoms with Crippen molar-refractivity contribution in [1.29, 1.82) is 0 Å². The van der Waals surface area contributed by atoms with Crippen LogP contribution >= 0.6 is 0 Å². The van der Waals surface area contributed by atoms with Crippen LogP contribution in [0.1, 0.15) is 12.8 Å². The molecule has 23 rings (SSSR count). The van der Waals surface area contributed by atoms with Crippen molar-refractivity contribution in [1.82, 2.24) is 0 Å². The fraction of sp³-hybridized carbons (Fsp3) is 1.00. The van der Waals surface area contributed by atoms with Crippen LogP contribution in [0.2, 0.25) is 0 Å². The van der Waals surface area contributed by atoms with Gasteiger partial charge >= 0.3 is 0 Å². The lowest BCUT2D eigenvalue weighted by Crippen LogP contribution is -2.69. The van der Waals surface area contributed by atoms with Gasteiger partial charge < -0.3 is 153 Å². The molecule has 0 radical (unpaired) electrons. The molecule has 0 aliphatic carbocycles. The molecule has 12 bridgehead atoms. The molecule has 31 atom stereocenters. The largest absolute Gasteiger partial charge is 0.394 e. The van der Waals surface area contributed by atoms with Crippen LogP contribution in [0.5, 0.6) is 0 Å². The van der Waals surface area contributed by atoms with Crippen LogP contribution in [-0.4, -0.2) is 330 Å². The van der Waals surface area contributed by atoms with E-state index in [1.54, 1.807) is 0 Å². The van der Waals surface area contributed by atoms with Crippen LogP contribution in [0.4, 0.5) is 0 Å². The van der Waals surface area contributed by atoms with Gasteiger partial charge in [-0.05, 0) is 12.8 Å². The predicted molar refractivity (Wildman–Crippen MR) is 219 cm³/mol. The summed E-state index contributed by atoms with van der Waals surface area (Å²) >= 11 is 0. The van der Waals surface area contributed by atoms with E-state index in [4.69, 9.17) is 66.3 Å². The Hall–Kier alpha value is -1.24. The van der Waals surface area contributed by atoms with Gasteiger partial charge in [-0.25, -0.2) is 0 Å². The summed E-state index contributed by atoms with van der Waals surface area (Å²) in [7, 11) is 0. The quantitative estimate of drug-likeness (QED) is 0.0675. The third-order valence-corrected chi connectivity index (χ3v) is 14.0. The smallest absolute Gasteiger partial charge is 0.187 e. The average molecular weight is 1060 g/mol. The van der Waals surface area contributed by atoms with Crippen LogP contribution in [0, 0.1) is 0 Å². The van der Waals surface area contributed by atoms with Crippen molar-refractivity contribution >= 4 is 0 Å². The number of hydrogen-bond donors (Lipinski definition) is 17. The molecular weight excluding hydrogens is 988 g/mol. The first-order valence-electron chi connectivity index (χ1n) is 23.7. The molecule has 0 spiro atoms. The van der Waals surface area contributed by atoms with Crippen LogP contribution in [0.25, 0.3) is 0 Å². The molecule has 31 nitrogen and oxygen atoms in total. The Morgan fingerprint density at radius 1 is 0.306 bits per heavy atom. The number of ether oxygens (including phenoxy) is 14. The number of aliphatic hydroxyl groups excluding tert-OH is 17. The molecular formula is C41H68O31. The van der Waals surface area contributed by atoms with E-state index in [2.05, 4.69) is 0 Å². The zero-order chi connectivity index (χ0) is 51.9. The predicted octanol–water partition coefficient (Wildman–Crippen LogP) is -11.9. The summed E-state index contributed by atoms with van der Waals surface area (Å²) in [6.45, 7) is -5.38. The van der Waals surface area contributed by atoms with Crippen LogP contribution in [0.3, 0.4) is 0 Å². The summed E-state index contributed by atoms with van der Waals surface area (Å²) in [4.78, 5) is 0. The summed E-state index contributed by atoms with van der Waals surface area (Å²) in [5.74, 6) is 0. The maximum atomic E-state index is 11.8. The lowest BCUT2D eigenvalue weighted by atomic mass is 9.94. The van der Waals surface area contributed by atoms with E-state index in [9.17, 15) is 86.8 Å². The molecule has 0 aromatic carbocycles. The molecule has 418 valence electrons. The van der Waals surface area contributed by atoms with Crippen molar-refractivity contribution in [3.05, 3.63) is 0 Å². The fourth-order valence-corrected chi connectivity index (χ4v) is 9.87. The number of epoxide rings is 1. The van der Waals surface area contributed by atoms with Crippen LogP contribution in [-0.2, 0) is 66.3 Å². The summed E-state index contributed by atoms with van der Waals surface area (Å²) in [5.41, 5.74) is 0. The molecule has 31 heteroatoms. The molecule has 0 amide bonds. The molecule has 1 unspecified atom stereocenters. The Labute approximate surface area is 408 Å². The monoisotopic (exact) mass is 1060 g/mol. The third-order valence-electron chi connectivity index (χ3n) is 14.0. The van der Waals surface area contributed by atoms with E-state index in [0.717, 1.165) is 0 Å². The molecule has 23 aliphatic heterocycles. The maximum Gasteiger partial charge on any atom is 0.187 e. The first-order chi connectivity index (χ1) is 34.5. The minimum atomic E-state index is -2.15. The molecule has 23 fully saturated rings. The van der Waals surface area contributed by atoms with Crippen molar-refractivity contribution in [2.75, 3.05) is 52.9 Å². The van der Waals surface area contributed by atoms with Gasteiger partial charge in [0.05, 0.1) is 52.4 Å². The van der Waals surface area contributed by atoms with E-state index >= 15 is 0 Å². The summed E-state index contributed by atoms with van der Waals surface area (Å²) in [5, 5.41) is 188. The van der Waals surface area contributed by atoms with Gasteiger partial charge in [0.25, 0.3) is 0 Å². The van der Waals surface area contributed by atoms with Gasteiger partial charge in [0.2, 0.25) is 0 Å². The highest BCUT2D eigenvalue weighted by Crippen LogP contribution is 2.38.